The third-order valence-electron chi connectivity index (χ3n) is 3.35. The number of alkyl halides is 3. The lowest BCUT2D eigenvalue weighted by Crippen LogP contribution is -2.23. The third-order valence-corrected chi connectivity index (χ3v) is 3.35. The van der Waals surface area contributed by atoms with Crippen LogP contribution in [0.5, 0.6) is 0 Å². The summed E-state index contributed by atoms with van der Waals surface area (Å²) in [6.45, 7) is 3.78. The molecule has 1 heterocycles. The van der Waals surface area contributed by atoms with E-state index in [0.29, 0.717) is 5.56 Å². The summed E-state index contributed by atoms with van der Waals surface area (Å²) >= 11 is 0. The Balaban J connectivity index is 2.12. The number of benzene rings is 1. The molecule has 0 spiro atoms. The highest BCUT2D eigenvalue weighted by Crippen LogP contribution is 2.31. The Kier molecular flexibility index (Phi) is 4.63. The molecule has 0 amide bonds. The summed E-state index contributed by atoms with van der Waals surface area (Å²) in [4.78, 5) is 4.24. The van der Waals surface area contributed by atoms with E-state index in [4.69, 9.17) is 0 Å². The molecule has 2 unspecified atom stereocenters. The summed E-state index contributed by atoms with van der Waals surface area (Å²) in [7, 11) is 0. The fourth-order valence-electron chi connectivity index (χ4n) is 2.17. The number of aromatic nitrogens is 1. The fraction of sp³-hybridized carbons (Fsp3) is 0.312. The lowest BCUT2D eigenvalue weighted by atomic mass is 10.0. The van der Waals surface area contributed by atoms with Gasteiger partial charge in [-0.15, -0.1) is 0 Å². The molecule has 0 fully saturated rings. The first-order valence-electron chi connectivity index (χ1n) is 6.72. The zero-order valence-corrected chi connectivity index (χ0v) is 11.9. The summed E-state index contributed by atoms with van der Waals surface area (Å²) < 4.78 is 38.2. The van der Waals surface area contributed by atoms with Crippen LogP contribution in [0.1, 0.15) is 42.8 Å². The topological polar surface area (TPSA) is 24.9 Å². The predicted octanol–water partition coefficient (Wildman–Crippen LogP) is 4.51. The monoisotopic (exact) mass is 294 g/mol. The molecule has 2 nitrogen and oxygen atoms in total. The van der Waals surface area contributed by atoms with Gasteiger partial charge in [0.1, 0.15) is 0 Å². The van der Waals surface area contributed by atoms with Crippen LogP contribution in [-0.4, -0.2) is 4.98 Å². The Morgan fingerprint density at radius 3 is 2.38 bits per heavy atom. The maximum atomic E-state index is 12.7. The molecule has 0 bridgehead atoms. The van der Waals surface area contributed by atoms with Crippen LogP contribution < -0.4 is 5.32 Å². The normalized spacial score (nSPS) is 14.7. The van der Waals surface area contributed by atoms with E-state index in [2.05, 4.69) is 10.3 Å². The van der Waals surface area contributed by atoms with Gasteiger partial charge < -0.3 is 5.32 Å². The zero-order valence-electron chi connectivity index (χ0n) is 11.9. The molecule has 5 heteroatoms. The lowest BCUT2D eigenvalue weighted by molar-refractivity contribution is -0.137. The molecule has 21 heavy (non-hydrogen) atoms. The van der Waals surface area contributed by atoms with Crippen LogP contribution in [0.4, 0.5) is 13.2 Å². The van der Waals surface area contributed by atoms with Gasteiger partial charge in [0.15, 0.2) is 0 Å². The minimum atomic E-state index is -4.32. The van der Waals surface area contributed by atoms with Crippen molar-refractivity contribution in [1.82, 2.24) is 10.3 Å². The summed E-state index contributed by atoms with van der Waals surface area (Å²) in [6.07, 6.45) is -2.62. The van der Waals surface area contributed by atoms with Gasteiger partial charge in [0.25, 0.3) is 0 Å². The van der Waals surface area contributed by atoms with Crippen molar-refractivity contribution in [3.8, 4) is 0 Å². The second-order valence-electron chi connectivity index (χ2n) is 4.99. The Morgan fingerprint density at radius 1 is 1.00 bits per heavy atom. The van der Waals surface area contributed by atoms with Crippen LogP contribution in [0.2, 0.25) is 0 Å². The van der Waals surface area contributed by atoms with Crippen LogP contribution in [0, 0.1) is 0 Å². The van der Waals surface area contributed by atoms with Crippen molar-refractivity contribution < 1.29 is 13.2 Å². The van der Waals surface area contributed by atoms with E-state index in [9.17, 15) is 13.2 Å². The van der Waals surface area contributed by atoms with E-state index in [1.54, 1.807) is 12.3 Å². The van der Waals surface area contributed by atoms with Crippen LogP contribution in [0.3, 0.4) is 0 Å². The SMILES string of the molecule is CC(NC(C)c1ccccn1)c1cccc(C(F)(F)F)c1. The van der Waals surface area contributed by atoms with Crippen molar-refractivity contribution in [1.29, 1.82) is 0 Å². The second-order valence-corrected chi connectivity index (χ2v) is 4.99. The molecule has 1 aromatic carbocycles. The molecule has 2 aromatic rings. The number of hydrogen-bond donors (Lipinski definition) is 1. The van der Waals surface area contributed by atoms with Crippen molar-refractivity contribution >= 4 is 0 Å². The van der Waals surface area contributed by atoms with E-state index in [0.717, 1.165) is 11.8 Å². The molecule has 0 aliphatic rings. The molecular weight excluding hydrogens is 277 g/mol. The lowest BCUT2D eigenvalue weighted by Gasteiger charge is -2.21. The molecule has 2 rings (SSSR count). The molecular formula is C16H17F3N2. The van der Waals surface area contributed by atoms with E-state index >= 15 is 0 Å². The smallest absolute Gasteiger partial charge is 0.302 e. The van der Waals surface area contributed by atoms with Crippen LogP contribution >= 0.6 is 0 Å². The number of halogens is 3. The molecule has 1 aromatic heterocycles. The molecule has 112 valence electrons. The molecule has 0 radical (unpaired) electrons. The van der Waals surface area contributed by atoms with Gasteiger partial charge in [0, 0.05) is 18.3 Å². The van der Waals surface area contributed by atoms with Gasteiger partial charge in [0.2, 0.25) is 0 Å². The first kappa shape index (κ1) is 15.5. The van der Waals surface area contributed by atoms with Crippen LogP contribution in [0.25, 0.3) is 0 Å². The average Bonchev–Trinajstić information content (AvgIpc) is 2.47. The highest BCUT2D eigenvalue weighted by molar-refractivity contribution is 5.28. The minimum Gasteiger partial charge on any atom is -0.302 e. The van der Waals surface area contributed by atoms with Crippen molar-refractivity contribution in [2.75, 3.05) is 0 Å². The minimum absolute atomic E-state index is 0.0456. The number of nitrogens with one attached hydrogen (secondary N) is 1. The molecule has 0 saturated heterocycles. The number of nitrogens with zero attached hydrogens (tertiary/aromatic N) is 1. The highest BCUT2D eigenvalue weighted by Gasteiger charge is 2.30. The van der Waals surface area contributed by atoms with E-state index in [1.807, 2.05) is 32.0 Å². The largest absolute Gasteiger partial charge is 0.416 e. The van der Waals surface area contributed by atoms with Crippen molar-refractivity contribution in [3.63, 3.8) is 0 Å². The zero-order chi connectivity index (χ0) is 15.5. The average molecular weight is 294 g/mol. The van der Waals surface area contributed by atoms with E-state index < -0.39 is 11.7 Å². The quantitative estimate of drug-likeness (QED) is 0.897. The Labute approximate surface area is 122 Å². The Hall–Kier alpha value is -1.88. The molecule has 0 aliphatic carbocycles. The Morgan fingerprint density at radius 2 is 1.76 bits per heavy atom. The van der Waals surface area contributed by atoms with E-state index in [1.165, 1.54) is 12.1 Å². The second kappa shape index (κ2) is 6.26. The number of rotatable bonds is 4. The molecule has 0 saturated carbocycles. The highest BCUT2D eigenvalue weighted by atomic mass is 19.4. The standard InChI is InChI=1S/C16H17F3N2/c1-11(21-12(2)15-8-3-4-9-20-15)13-6-5-7-14(10-13)16(17,18)19/h3-12,21H,1-2H3. The predicted molar refractivity (Wildman–Crippen MR) is 75.6 cm³/mol. The van der Waals surface area contributed by atoms with Gasteiger partial charge in [-0.1, -0.05) is 18.2 Å². The fourth-order valence-corrected chi connectivity index (χ4v) is 2.17. The number of hydrogen-bond acceptors (Lipinski definition) is 2. The van der Waals surface area contributed by atoms with Crippen LogP contribution in [-0.2, 0) is 6.18 Å². The maximum absolute atomic E-state index is 12.7. The van der Waals surface area contributed by atoms with E-state index in [-0.39, 0.29) is 12.1 Å². The Bertz CT molecular complexity index is 582. The first-order chi connectivity index (χ1) is 9.88. The third kappa shape index (κ3) is 4.04. The summed E-state index contributed by atoms with van der Waals surface area (Å²) in [5.74, 6) is 0. The summed E-state index contributed by atoms with van der Waals surface area (Å²) in [6, 6.07) is 10.7. The van der Waals surface area contributed by atoms with Crippen molar-refractivity contribution in [3.05, 3.63) is 65.5 Å². The van der Waals surface area contributed by atoms with Gasteiger partial charge in [-0.05, 0) is 43.7 Å². The summed E-state index contributed by atoms with van der Waals surface area (Å²) in [5.41, 5.74) is 0.836. The molecule has 0 aliphatic heterocycles. The molecule has 1 N–H and O–H groups in total. The van der Waals surface area contributed by atoms with Gasteiger partial charge in [0.05, 0.1) is 11.3 Å². The van der Waals surface area contributed by atoms with Gasteiger partial charge in [-0.25, -0.2) is 0 Å². The van der Waals surface area contributed by atoms with Crippen molar-refractivity contribution in [2.24, 2.45) is 0 Å². The maximum Gasteiger partial charge on any atom is 0.416 e. The van der Waals surface area contributed by atoms with Gasteiger partial charge >= 0.3 is 6.18 Å². The van der Waals surface area contributed by atoms with Crippen molar-refractivity contribution in [2.45, 2.75) is 32.1 Å². The van der Waals surface area contributed by atoms with Gasteiger partial charge in [-0.3, -0.25) is 4.98 Å². The molecule has 2 atom stereocenters. The first-order valence-corrected chi connectivity index (χ1v) is 6.72. The summed E-state index contributed by atoms with van der Waals surface area (Å²) in [5, 5.41) is 3.26. The van der Waals surface area contributed by atoms with Crippen LogP contribution in [0.15, 0.2) is 48.7 Å². The number of pyridine rings is 1. The van der Waals surface area contributed by atoms with Gasteiger partial charge in [-0.2, -0.15) is 13.2 Å².